The number of nitrogens with two attached hydrogens (primary N) is 1. The third kappa shape index (κ3) is 26.5. The molecule has 0 spiro atoms. The highest BCUT2D eigenvalue weighted by Gasteiger charge is 2.20. The van der Waals surface area contributed by atoms with E-state index in [1.807, 2.05) is 41.5 Å². The Balaban J connectivity index is -0.000000204. The molecule has 0 saturated heterocycles. The maximum Gasteiger partial charge on any atom is 0.242 e. The lowest BCUT2D eigenvalue weighted by molar-refractivity contribution is -0.131. The first kappa shape index (κ1) is 36.9. The molecule has 0 aliphatic heterocycles. The van der Waals surface area contributed by atoms with E-state index in [0.717, 1.165) is 44.9 Å². The number of carbonyl (C=O) groups is 3. The van der Waals surface area contributed by atoms with Gasteiger partial charge in [0.1, 0.15) is 12.3 Å². The van der Waals surface area contributed by atoms with E-state index in [1.54, 1.807) is 0 Å². The molecule has 188 valence electrons. The molecule has 0 heterocycles. The Morgan fingerprint density at radius 3 is 1.74 bits per heavy atom. The summed E-state index contributed by atoms with van der Waals surface area (Å²) >= 11 is 0. The number of amides is 2. The highest BCUT2D eigenvalue weighted by Crippen LogP contribution is 2.14. The molecule has 3 unspecified atom stereocenters. The summed E-state index contributed by atoms with van der Waals surface area (Å²) in [5.41, 5.74) is 5.03. The predicted octanol–water partition coefficient (Wildman–Crippen LogP) is 5.09. The van der Waals surface area contributed by atoms with Crippen LogP contribution in [0.1, 0.15) is 108 Å². The second-order valence-corrected chi connectivity index (χ2v) is 7.82. The lowest BCUT2D eigenvalue weighted by Crippen LogP contribution is -2.47. The van der Waals surface area contributed by atoms with Gasteiger partial charge in [-0.3, -0.25) is 9.59 Å². The smallest absolute Gasteiger partial charge is 0.242 e. The second kappa shape index (κ2) is 28.6. The molecule has 0 radical (unpaired) electrons. The molecule has 2 amide bonds. The van der Waals surface area contributed by atoms with Gasteiger partial charge < -0.3 is 21.2 Å². The van der Waals surface area contributed by atoms with E-state index < -0.39 is 6.04 Å². The van der Waals surface area contributed by atoms with Crippen LogP contribution < -0.4 is 16.4 Å². The van der Waals surface area contributed by atoms with Crippen molar-refractivity contribution in [3.05, 3.63) is 0 Å². The Hall–Kier alpha value is -1.43. The van der Waals surface area contributed by atoms with Crippen LogP contribution in [0, 0.1) is 17.8 Å². The van der Waals surface area contributed by atoms with Gasteiger partial charge in [0.25, 0.3) is 0 Å². The van der Waals surface area contributed by atoms with Crippen molar-refractivity contribution in [3.63, 3.8) is 0 Å². The summed E-state index contributed by atoms with van der Waals surface area (Å²) in [7, 11) is 0. The maximum absolute atomic E-state index is 11.7. The Morgan fingerprint density at radius 2 is 1.42 bits per heavy atom. The zero-order chi connectivity index (χ0) is 25.2. The van der Waals surface area contributed by atoms with Crippen molar-refractivity contribution >= 4 is 18.1 Å². The Labute approximate surface area is 193 Å². The van der Waals surface area contributed by atoms with Gasteiger partial charge in [0.05, 0.1) is 0 Å². The van der Waals surface area contributed by atoms with Gasteiger partial charge in [-0.1, -0.05) is 69.2 Å². The van der Waals surface area contributed by atoms with Gasteiger partial charge in [-0.15, -0.1) is 0 Å². The zero-order valence-electron chi connectivity index (χ0n) is 22.3. The molecular formula is C25H55N3O3. The fraction of sp³-hybridized carbons (Fsp3) is 0.880. The van der Waals surface area contributed by atoms with Crippen LogP contribution in [0.5, 0.6) is 0 Å². The fourth-order valence-corrected chi connectivity index (χ4v) is 1.89. The minimum atomic E-state index is -0.395. The molecule has 0 aromatic heterocycles. The van der Waals surface area contributed by atoms with Crippen LogP contribution in [-0.2, 0) is 14.4 Å². The molecule has 0 aliphatic rings. The van der Waals surface area contributed by atoms with Crippen molar-refractivity contribution < 1.29 is 14.4 Å². The third-order valence-electron chi connectivity index (χ3n) is 4.82. The summed E-state index contributed by atoms with van der Waals surface area (Å²) in [6, 6.07) is -0.395. The molecule has 0 rings (SSSR count). The molecule has 0 aromatic carbocycles. The van der Waals surface area contributed by atoms with E-state index >= 15 is 0 Å². The highest BCUT2D eigenvalue weighted by molar-refractivity contribution is 5.88. The molecule has 6 heteroatoms. The number of rotatable bonds is 12. The number of carbonyl (C=O) groups excluding carboxylic acids is 3. The van der Waals surface area contributed by atoms with Crippen LogP contribution in [-0.4, -0.2) is 37.2 Å². The first-order valence-electron chi connectivity index (χ1n) is 12.4. The second-order valence-electron chi connectivity index (χ2n) is 7.82. The molecule has 0 aliphatic carbocycles. The van der Waals surface area contributed by atoms with Crippen molar-refractivity contribution in [2.24, 2.45) is 23.5 Å². The molecular weight excluding hydrogens is 390 g/mol. The SMILES string of the molecule is CC.CC(C)C(C)CCC=O.CCCN.CCCNC(=O)C(CC)NC(=O)C(C)CC. The Bertz CT molecular complexity index is 399. The van der Waals surface area contributed by atoms with Crippen LogP contribution in [0.15, 0.2) is 0 Å². The Morgan fingerprint density at radius 1 is 0.903 bits per heavy atom. The number of hydrogen-bond acceptors (Lipinski definition) is 4. The number of hydrogen-bond donors (Lipinski definition) is 3. The first-order valence-corrected chi connectivity index (χ1v) is 12.4. The summed E-state index contributed by atoms with van der Waals surface area (Å²) in [5.74, 6) is 1.25. The fourth-order valence-electron chi connectivity index (χ4n) is 1.89. The van der Waals surface area contributed by atoms with Crippen molar-refractivity contribution in [1.29, 1.82) is 0 Å². The van der Waals surface area contributed by atoms with Crippen LogP contribution >= 0.6 is 0 Å². The van der Waals surface area contributed by atoms with Crippen molar-refractivity contribution in [2.75, 3.05) is 13.1 Å². The van der Waals surface area contributed by atoms with Crippen LogP contribution in [0.2, 0.25) is 0 Å². The van der Waals surface area contributed by atoms with Gasteiger partial charge >= 0.3 is 0 Å². The normalized spacial score (nSPS) is 12.4. The average molecular weight is 446 g/mol. The van der Waals surface area contributed by atoms with Crippen LogP contribution in [0.25, 0.3) is 0 Å². The molecule has 0 saturated carbocycles. The minimum Gasteiger partial charge on any atom is -0.354 e. The van der Waals surface area contributed by atoms with Crippen molar-refractivity contribution in [3.8, 4) is 0 Å². The lowest BCUT2D eigenvalue weighted by atomic mass is 9.94. The van der Waals surface area contributed by atoms with Crippen LogP contribution in [0.3, 0.4) is 0 Å². The van der Waals surface area contributed by atoms with Gasteiger partial charge in [-0.25, -0.2) is 0 Å². The van der Waals surface area contributed by atoms with Gasteiger partial charge in [0.2, 0.25) is 11.8 Å². The third-order valence-corrected chi connectivity index (χ3v) is 4.82. The topological polar surface area (TPSA) is 101 Å². The zero-order valence-corrected chi connectivity index (χ0v) is 22.3. The first-order chi connectivity index (χ1) is 14.7. The molecule has 6 nitrogen and oxygen atoms in total. The van der Waals surface area contributed by atoms with Crippen LogP contribution in [0.4, 0.5) is 0 Å². The summed E-state index contributed by atoms with van der Waals surface area (Å²) < 4.78 is 0. The summed E-state index contributed by atoms with van der Waals surface area (Å²) in [4.78, 5) is 33.2. The largest absolute Gasteiger partial charge is 0.354 e. The summed E-state index contributed by atoms with van der Waals surface area (Å²) in [5, 5.41) is 5.57. The van der Waals surface area contributed by atoms with Gasteiger partial charge in [-0.2, -0.15) is 0 Å². The van der Waals surface area contributed by atoms with E-state index in [-0.39, 0.29) is 17.7 Å². The van der Waals surface area contributed by atoms with Gasteiger partial charge in [0, 0.05) is 18.9 Å². The average Bonchev–Trinajstić information content (AvgIpc) is 2.80. The van der Waals surface area contributed by atoms with E-state index in [2.05, 4.69) is 38.3 Å². The quantitative estimate of drug-likeness (QED) is 0.364. The molecule has 4 N–H and O–H groups in total. The number of nitrogens with one attached hydrogen (secondary N) is 2. The van der Waals surface area contributed by atoms with E-state index in [9.17, 15) is 14.4 Å². The summed E-state index contributed by atoms with van der Waals surface area (Å²) in [6.07, 6.45) is 6.18. The standard InChI is InChI=1S/C12H24N2O2.C8H16O.C3H9N.C2H6/c1-5-8-13-12(16)10(7-3)14-11(15)9(4)6-2;1-7(2)8(3)5-4-6-9;1-2-3-4;1-2/h9-10H,5-8H2,1-4H3,(H,13,16)(H,14,15);6-8H,4-5H2,1-3H3;2-4H2,1H3;1-2H3. The molecule has 3 atom stereocenters. The minimum absolute atomic E-state index is 0.0342. The van der Waals surface area contributed by atoms with E-state index in [4.69, 9.17) is 5.73 Å². The Kier molecular flexibility index (Phi) is 34.0. The van der Waals surface area contributed by atoms with Gasteiger partial charge in [0.15, 0.2) is 0 Å². The molecule has 0 fully saturated rings. The van der Waals surface area contributed by atoms with E-state index in [1.165, 1.54) is 0 Å². The predicted molar refractivity (Wildman–Crippen MR) is 135 cm³/mol. The highest BCUT2D eigenvalue weighted by atomic mass is 16.2. The van der Waals surface area contributed by atoms with Crippen molar-refractivity contribution in [1.82, 2.24) is 10.6 Å². The van der Waals surface area contributed by atoms with Gasteiger partial charge in [-0.05, 0) is 50.5 Å². The monoisotopic (exact) mass is 445 g/mol. The lowest BCUT2D eigenvalue weighted by Gasteiger charge is -2.18. The maximum atomic E-state index is 11.7. The molecule has 0 bridgehead atoms. The summed E-state index contributed by atoms with van der Waals surface area (Å²) in [6.45, 7) is 21.8. The van der Waals surface area contributed by atoms with Crippen molar-refractivity contribution in [2.45, 2.75) is 114 Å². The number of aldehydes is 1. The molecule has 0 aromatic rings. The molecule has 31 heavy (non-hydrogen) atoms. The van der Waals surface area contributed by atoms with E-state index in [0.29, 0.717) is 24.8 Å².